The van der Waals surface area contributed by atoms with Gasteiger partial charge in [0.05, 0.1) is 25.8 Å². The fourth-order valence-corrected chi connectivity index (χ4v) is 3.33. The monoisotopic (exact) mass is 379 g/mol. The van der Waals surface area contributed by atoms with Gasteiger partial charge in [0, 0.05) is 23.7 Å². The van der Waals surface area contributed by atoms with Crippen molar-refractivity contribution in [1.82, 2.24) is 4.90 Å². The second-order valence-corrected chi connectivity index (χ2v) is 6.21. The van der Waals surface area contributed by atoms with Crippen molar-refractivity contribution in [2.24, 2.45) is 0 Å². The normalized spacial score (nSPS) is 18.2. The maximum absolute atomic E-state index is 12.8. The number of ether oxygens (including phenoxy) is 2. The van der Waals surface area contributed by atoms with Crippen LogP contribution in [-0.2, 0) is 9.59 Å². The molecule has 1 fully saturated rings. The minimum Gasteiger partial charge on any atom is -0.507 e. The van der Waals surface area contributed by atoms with Crippen LogP contribution in [-0.4, -0.2) is 42.5 Å². The fraction of sp³-hybridized carbons (Fsp3) is 0.182. The summed E-state index contributed by atoms with van der Waals surface area (Å²) in [6.45, 7) is 3.82. The first-order chi connectivity index (χ1) is 13.5. The Balaban J connectivity index is 2.25. The van der Waals surface area contributed by atoms with Crippen molar-refractivity contribution in [2.75, 3.05) is 20.8 Å². The summed E-state index contributed by atoms with van der Waals surface area (Å²) in [4.78, 5) is 26.8. The zero-order valence-electron chi connectivity index (χ0n) is 15.7. The van der Waals surface area contributed by atoms with Gasteiger partial charge in [0.1, 0.15) is 17.3 Å². The molecule has 0 unspecified atom stereocenters. The van der Waals surface area contributed by atoms with Gasteiger partial charge in [0.25, 0.3) is 11.7 Å². The van der Waals surface area contributed by atoms with Crippen LogP contribution in [0.15, 0.2) is 66.8 Å². The molecule has 1 aliphatic rings. The number of carbonyl (C=O) groups excluding carboxylic acids is 2. The van der Waals surface area contributed by atoms with E-state index in [1.807, 2.05) is 0 Å². The van der Waals surface area contributed by atoms with Gasteiger partial charge in [0.15, 0.2) is 0 Å². The molecule has 1 N–H and O–H groups in total. The molecule has 0 saturated carbocycles. The first kappa shape index (κ1) is 19.2. The van der Waals surface area contributed by atoms with E-state index >= 15 is 0 Å². The van der Waals surface area contributed by atoms with Gasteiger partial charge in [-0.05, 0) is 12.1 Å². The predicted molar refractivity (Wildman–Crippen MR) is 105 cm³/mol. The van der Waals surface area contributed by atoms with Gasteiger partial charge >= 0.3 is 0 Å². The number of Topliss-reactive ketones (excluding diaryl/α,β-unsaturated/α-hetero) is 1. The van der Waals surface area contributed by atoms with Crippen LogP contribution >= 0.6 is 0 Å². The molecule has 3 rings (SSSR count). The van der Waals surface area contributed by atoms with E-state index in [-0.39, 0.29) is 17.9 Å². The number of rotatable bonds is 6. The lowest BCUT2D eigenvalue weighted by Gasteiger charge is -2.25. The van der Waals surface area contributed by atoms with E-state index in [1.165, 1.54) is 25.2 Å². The Morgan fingerprint density at radius 1 is 1.14 bits per heavy atom. The van der Waals surface area contributed by atoms with Crippen molar-refractivity contribution in [3.05, 3.63) is 77.9 Å². The van der Waals surface area contributed by atoms with Crippen molar-refractivity contribution in [2.45, 2.75) is 6.04 Å². The Labute approximate surface area is 163 Å². The maximum atomic E-state index is 12.8. The predicted octanol–water partition coefficient (Wildman–Crippen LogP) is 3.31. The average Bonchev–Trinajstić information content (AvgIpc) is 2.98. The third-order valence-corrected chi connectivity index (χ3v) is 4.65. The number of carbonyl (C=O) groups is 2. The topological polar surface area (TPSA) is 76.1 Å². The van der Waals surface area contributed by atoms with Crippen molar-refractivity contribution in [3.63, 3.8) is 0 Å². The van der Waals surface area contributed by atoms with Gasteiger partial charge in [-0.2, -0.15) is 0 Å². The molecule has 144 valence electrons. The van der Waals surface area contributed by atoms with Crippen LogP contribution in [0.25, 0.3) is 5.76 Å². The number of amides is 1. The lowest BCUT2D eigenvalue weighted by atomic mass is 9.94. The van der Waals surface area contributed by atoms with E-state index < -0.39 is 17.7 Å². The summed E-state index contributed by atoms with van der Waals surface area (Å²) in [6.07, 6.45) is 1.54. The van der Waals surface area contributed by atoms with Gasteiger partial charge in [-0.3, -0.25) is 9.59 Å². The molecule has 1 saturated heterocycles. The summed E-state index contributed by atoms with van der Waals surface area (Å²) in [6, 6.07) is 13.0. The summed E-state index contributed by atoms with van der Waals surface area (Å²) < 4.78 is 10.7. The van der Waals surface area contributed by atoms with Crippen LogP contribution in [0.5, 0.6) is 11.5 Å². The third-order valence-electron chi connectivity index (χ3n) is 4.65. The van der Waals surface area contributed by atoms with E-state index in [4.69, 9.17) is 9.47 Å². The number of aliphatic hydroxyl groups is 1. The number of hydrogen-bond acceptors (Lipinski definition) is 5. The maximum Gasteiger partial charge on any atom is 0.295 e. The van der Waals surface area contributed by atoms with Gasteiger partial charge < -0.3 is 19.5 Å². The van der Waals surface area contributed by atoms with Crippen LogP contribution in [0.1, 0.15) is 17.2 Å². The quantitative estimate of drug-likeness (QED) is 0.361. The standard InChI is InChI=1S/C22H21NO5/c1-4-12-23-19(16-11-10-15(27-2)13-17(16)28-3)18(21(25)22(23)26)20(24)14-8-6-5-7-9-14/h4-11,13,19,24H,1,12H2,2-3H3/t19-/m1/s1. The van der Waals surface area contributed by atoms with E-state index in [0.717, 1.165) is 0 Å². The number of ketones is 1. The molecule has 2 aromatic carbocycles. The second kappa shape index (κ2) is 8.00. The lowest BCUT2D eigenvalue weighted by molar-refractivity contribution is -0.139. The molecular weight excluding hydrogens is 358 g/mol. The summed E-state index contributed by atoms with van der Waals surface area (Å²) >= 11 is 0. The highest BCUT2D eigenvalue weighted by Gasteiger charge is 2.46. The molecule has 1 atom stereocenters. The molecule has 1 heterocycles. The highest BCUT2D eigenvalue weighted by atomic mass is 16.5. The van der Waals surface area contributed by atoms with Crippen molar-refractivity contribution in [3.8, 4) is 11.5 Å². The third kappa shape index (κ3) is 3.24. The number of hydrogen-bond donors (Lipinski definition) is 1. The van der Waals surface area contributed by atoms with Crippen LogP contribution in [0.4, 0.5) is 0 Å². The highest BCUT2D eigenvalue weighted by molar-refractivity contribution is 6.46. The van der Waals surface area contributed by atoms with E-state index in [2.05, 4.69) is 6.58 Å². The molecule has 28 heavy (non-hydrogen) atoms. The van der Waals surface area contributed by atoms with Gasteiger partial charge in [-0.25, -0.2) is 0 Å². The first-order valence-electron chi connectivity index (χ1n) is 8.70. The summed E-state index contributed by atoms with van der Waals surface area (Å²) in [5.41, 5.74) is 1.04. The van der Waals surface area contributed by atoms with Crippen molar-refractivity contribution >= 4 is 17.4 Å². The molecule has 0 aliphatic carbocycles. The number of nitrogens with zero attached hydrogens (tertiary/aromatic N) is 1. The Morgan fingerprint density at radius 2 is 1.86 bits per heavy atom. The highest BCUT2D eigenvalue weighted by Crippen LogP contribution is 2.43. The van der Waals surface area contributed by atoms with E-state index in [0.29, 0.717) is 22.6 Å². The second-order valence-electron chi connectivity index (χ2n) is 6.21. The minimum atomic E-state index is -0.806. The molecule has 0 spiro atoms. The zero-order chi connectivity index (χ0) is 20.3. The Hall–Kier alpha value is -3.54. The van der Waals surface area contributed by atoms with Gasteiger partial charge in [-0.1, -0.05) is 36.4 Å². The SMILES string of the molecule is C=CCN1C(=O)C(=O)C(=C(O)c2ccccc2)[C@H]1c1ccc(OC)cc1OC. The average molecular weight is 379 g/mol. The fourth-order valence-electron chi connectivity index (χ4n) is 3.33. The Morgan fingerprint density at radius 3 is 2.46 bits per heavy atom. The number of methoxy groups -OCH3 is 2. The number of aliphatic hydroxyl groups excluding tert-OH is 1. The smallest absolute Gasteiger partial charge is 0.295 e. The largest absolute Gasteiger partial charge is 0.507 e. The van der Waals surface area contributed by atoms with Crippen LogP contribution in [0.3, 0.4) is 0 Å². The first-order valence-corrected chi connectivity index (χ1v) is 8.70. The summed E-state index contributed by atoms with van der Waals surface area (Å²) in [5.74, 6) is -0.650. The summed E-state index contributed by atoms with van der Waals surface area (Å²) in [7, 11) is 3.03. The molecule has 0 bridgehead atoms. The Kier molecular flexibility index (Phi) is 5.49. The van der Waals surface area contributed by atoms with Crippen LogP contribution in [0.2, 0.25) is 0 Å². The minimum absolute atomic E-state index is 0.0153. The van der Waals surface area contributed by atoms with Crippen LogP contribution < -0.4 is 9.47 Å². The molecule has 6 heteroatoms. The molecule has 1 aliphatic heterocycles. The van der Waals surface area contributed by atoms with Crippen molar-refractivity contribution < 1.29 is 24.2 Å². The van der Waals surface area contributed by atoms with Gasteiger partial charge in [-0.15, -0.1) is 6.58 Å². The molecule has 0 aromatic heterocycles. The molecule has 0 radical (unpaired) electrons. The molecule has 6 nitrogen and oxygen atoms in total. The van der Waals surface area contributed by atoms with Crippen molar-refractivity contribution in [1.29, 1.82) is 0 Å². The Bertz CT molecular complexity index is 949. The summed E-state index contributed by atoms with van der Waals surface area (Å²) in [5, 5.41) is 10.9. The number of benzene rings is 2. The number of likely N-dealkylation sites (tertiary alicyclic amines) is 1. The van der Waals surface area contributed by atoms with E-state index in [9.17, 15) is 14.7 Å². The molecule has 2 aromatic rings. The molecule has 1 amide bonds. The van der Waals surface area contributed by atoms with Gasteiger partial charge in [0.2, 0.25) is 0 Å². The molecular formula is C22H21NO5. The van der Waals surface area contributed by atoms with Crippen LogP contribution in [0, 0.1) is 0 Å². The van der Waals surface area contributed by atoms with E-state index in [1.54, 1.807) is 48.5 Å². The lowest BCUT2D eigenvalue weighted by Crippen LogP contribution is -2.29. The zero-order valence-corrected chi connectivity index (χ0v) is 15.7.